The van der Waals surface area contributed by atoms with Gasteiger partial charge in [-0.2, -0.15) is 5.10 Å². The quantitative estimate of drug-likeness (QED) is 0.700. The van der Waals surface area contributed by atoms with E-state index in [2.05, 4.69) is 10.2 Å². The first-order valence-electron chi connectivity index (χ1n) is 11.3. The first kappa shape index (κ1) is 22.2. The molecule has 0 unspecified atom stereocenters. The minimum Gasteiger partial charge on any atom is -0.370 e. The van der Waals surface area contributed by atoms with Crippen LogP contribution in [0.3, 0.4) is 0 Å². The van der Waals surface area contributed by atoms with E-state index in [1.807, 2.05) is 35.2 Å². The molecule has 1 aromatic heterocycles. The Labute approximate surface area is 187 Å². The van der Waals surface area contributed by atoms with Crippen molar-refractivity contribution in [3.63, 3.8) is 0 Å². The molecule has 0 radical (unpaired) electrons. The number of nitrogens with zero attached hydrogens (tertiary/aromatic N) is 3. The van der Waals surface area contributed by atoms with Crippen molar-refractivity contribution < 1.29 is 19.1 Å². The monoisotopic (exact) mass is 438 g/mol. The molecule has 1 aliphatic heterocycles. The maximum absolute atomic E-state index is 13.2. The van der Waals surface area contributed by atoms with Gasteiger partial charge in [-0.15, -0.1) is 0 Å². The van der Waals surface area contributed by atoms with Crippen LogP contribution in [-0.2, 0) is 16.1 Å². The molecule has 1 aromatic carbocycles. The van der Waals surface area contributed by atoms with Crippen LogP contribution in [0.2, 0.25) is 0 Å². The summed E-state index contributed by atoms with van der Waals surface area (Å²) < 4.78 is 6.21. The summed E-state index contributed by atoms with van der Waals surface area (Å²) in [5.41, 5.74) is 1.45. The van der Waals surface area contributed by atoms with E-state index in [0.717, 1.165) is 31.2 Å². The maximum atomic E-state index is 13.2. The molecule has 1 saturated heterocycles. The third kappa shape index (κ3) is 5.24. The van der Waals surface area contributed by atoms with Crippen molar-refractivity contribution in [2.75, 3.05) is 19.6 Å². The van der Waals surface area contributed by atoms with Crippen LogP contribution in [0.5, 0.6) is 0 Å². The number of hydrogen-bond acceptors (Lipinski definition) is 5. The van der Waals surface area contributed by atoms with E-state index >= 15 is 0 Å². The van der Waals surface area contributed by atoms with Crippen LogP contribution in [0.25, 0.3) is 0 Å². The molecule has 1 atom stereocenters. The number of ether oxygens (including phenoxy) is 1. The van der Waals surface area contributed by atoms with Crippen LogP contribution < -0.4 is 0 Å². The summed E-state index contributed by atoms with van der Waals surface area (Å²) >= 11 is 0. The fourth-order valence-electron chi connectivity index (χ4n) is 4.52. The lowest BCUT2D eigenvalue weighted by Gasteiger charge is -2.34. The molecule has 2 heterocycles. The van der Waals surface area contributed by atoms with Gasteiger partial charge in [-0.25, -0.2) is 0 Å². The number of carbonyl (C=O) groups is 3. The number of H-pyrrole nitrogens is 1. The molecule has 2 amide bonds. The highest BCUT2D eigenvalue weighted by Gasteiger charge is 2.35. The fourth-order valence-corrected chi connectivity index (χ4v) is 4.52. The van der Waals surface area contributed by atoms with E-state index in [4.69, 9.17) is 4.74 Å². The predicted molar refractivity (Wildman–Crippen MR) is 118 cm³/mol. The molecule has 1 aliphatic carbocycles. The van der Waals surface area contributed by atoms with Gasteiger partial charge in [0, 0.05) is 26.1 Å². The van der Waals surface area contributed by atoms with Gasteiger partial charge in [0.2, 0.25) is 5.91 Å². The molecule has 2 aromatic rings. The number of rotatable bonds is 6. The van der Waals surface area contributed by atoms with Gasteiger partial charge in [0.25, 0.3) is 5.91 Å². The average molecular weight is 439 g/mol. The van der Waals surface area contributed by atoms with Gasteiger partial charge >= 0.3 is 0 Å². The number of aromatic nitrogens is 2. The van der Waals surface area contributed by atoms with Gasteiger partial charge in [-0.1, -0.05) is 49.6 Å². The van der Waals surface area contributed by atoms with E-state index in [0.29, 0.717) is 19.7 Å². The zero-order chi connectivity index (χ0) is 22.5. The van der Waals surface area contributed by atoms with Crippen molar-refractivity contribution in [2.45, 2.75) is 57.8 Å². The van der Waals surface area contributed by atoms with Gasteiger partial charge in [-0.05, 0) is 24.5 Å². The summed E-state index contributed by atoms with van der Waals surface area (Å²) in [7, 11) is 0. The van der Waals surface area contributed by atoms with Gasteiger partial charge in [-0.3, -0.25) is 19.5 Å². The third-order valence-electron chi connectivity index (χ3n) is 6.27. The molecular weight excluding hydrogens is 408 g/mol. The van der Waals surface area contributed by atoms with Crippen molar-refractivity contribution in [3.05, 3.63) is 53.3 Å². The molecular formula is C24H30N4O4. The van der Waals surface area contributed by atoms with Crippen molar-refractivity contribution >= 4 is 17.6 Å². The smallest absolute Gasteiger partial charge is 0.272 e. The Morgan fingerprint density at radius 1 is 1.12 bits per heavy atom. The SMILES string of the molecule is CC(=O)c1cc(C(=O)N2CC(=O)N(C3CCCCC3)C[C@H](OCc3ccccc3)C2)[nH]n1. The molecule has 170 valence electrons. The largest absolute Gasteiger partial charge is 0.370 e. The Morgan fingerprint density at radius 3 is 2.56 bits per heavy atom. The lowest BCUT2D eigenvalue weighted by atomic mass is 9.94. The standard InChI is InChI=1S/C24H30N4O4/c1-17(29)21-12-22(26-25-21)24(31)27-13-20(32-16-18-8-4-2-5-9-18)14-28(23(30)15-27)19-10-6-3-7-11-19/h2,4-5,8-9,12,19-20H,3,6-7,10-11,13-16H2,1H3,(H,25,26)/t20-/m1/s1. The Bertz CT molecular complexity index is 952. The lowest BCUT2D eigenvalue weighted by molar-refractivity contribution is -0.134. The number of ketones is 1. The maximum Gasteiger partial charge on any atom is 0.272 e. The zero-order valence-electron chi connectivity index (χ0n) is 18.5. The Kier molecular flexibility index (Phi) is 6.99. The van der Waals surface area contributed by atoms with Crippen LogP contribution in [0.15, 0.2) is 36.4 Å². The third-order valence-corrected chi connectivity index (χ3v) is 6.27. The topological polar surface area (TPSA) is 95.6 Å². The number of amides is 2. The number of Topliss-reactive ketones (excluding diaryl/α,β-unsaturated/α-hetero) is 1. The van der Waals surface area contributed by atoms with E-state index in [1.165, 1.54) is 24.3 Å². The van der Waals surface area contributed by atoms with Crippen LogP contribution in [0.4, 0.5) is 0 Å². The van der Waals surface area contributed by atoms with Gasteiger partial charge in [0.15, 0.2) is 5.78 Å². The first-order valence-corrected chi connectivity index (χ1v) is 11.3. The predicted octanol–water partition coefficient (Wildman–Crippen LogP) is 2.81. The molecule has 2 fully saturated rings. The summed E-state index contributed by atoms with van der Waals surface area (Å²) in [6.45, 7) is 2.58. The molecule has 32 heavy (non-hydrogen) atoms. The van der Waals surface area contributed by atoms with Gasteiger partial charge < -0.3 is 14.5 Å². The Hall–Kier alpha value is -3.00. The number of hydrogen-bond donors (Lipinski definition) is 1. The van der Waals surface area contributed by atoms with E-state index < -0.39 is 0 Å². The van der Waals surface area contributed by atoms with Crippen molar-refractivity contribution in [1.29, 1.82) is 0 Å². The van der Waals surface area contributed by atoms with E-state index in [9.17, 15) is 14.4 Å². The van der Waals surface area contributed by atoms with Gasteiger partial charge in [0.1, 0.15) is 17.9 Å². The highest BCUT2D eigenvalue weighted by atomic mass is 16.5. The second-order valence-electron chi connectivity index (χ2n) is 8.67. The number of carbonyl (C=O) groups excluding carboxylic acids is 3. The van der Waals surface area contributed by atoms with Crippen molar-refractivity contribution in [3.8, 4) is 0 Å². The van der Waals surface area contributed by atoms with E-state index in [1.54, 1.807) is 0 Å². The van der Waals surface area contributed by atoms with Crippen molar-refractivity contribution in [2.24, 2.45) is 0 Å². The summed E-state index contributed by atoms with van der Waals surface area (Å²) in [5, 5.41) is 6.55. The zero-order valence-corrected chi connectivity index (χ0v) is 18.5. The molecule has 0 spiro atoms. The first-order chi connectivity index (χ1) is 15.5. The molecule has 2 aliphatic rings. The summed E-state index contributed by atoms with van der Waals surface area (Å²) in [6.07, 6.45) is 5.13. The van der Waals surface area contributed by atoms with Crippen molar-refractivity contribution in [1.82, 2.24) is 20.0 Å². The van der Waals surface area contributed by atoms with E-state index in [-0.39, 0.29) is 47.7 Å². The fraction of sp³-hybridized carbons (Fsp3) is 0.500. The molecule has 1 N–H and O–H groups in total. The normalized spacial score (nSPS) is 20.3. The van der Waals surface area contributed by atoms with Gasteiger partial charge in [0.05, 0.1) is 12.7 Å². The summed E-state index contributed by atoms with van der Waals surface area (Å²) in [4.78, 5) is 41.3. The lowest BCUT2D eigenvalue weighted by Crippen LogP contribution is -2.46. The minimum absolute atomic E-state index is 0.00500. The highest BCUT2D eigenvalue weighted by molar-refractivity contribution is 5.98. The molecule has 1 saturated carbocycles. The number of benzene rings is 1. The minimum atomic E-state index is -0.350. The number of aromatic amines is 1. The van der Waals surface area contributed by atoms with Crippen LogP contribution in [0, 0.1) is 0 Å². The van der Waals surface area contributed by atoms with Crippen LogP contribution >= 0.6 is 0 Å². The molecule has 4 rings (SSSR count). The summed E-state index contributed by atoms with van der Waals surface area (Å²) in [5.74, 6) is -0.626. The molecule has 8 heteroatoms. The highest BCUT2D eigenvalue weighted by Crippen LogP contribution is 2.25. The molecule has 8 nitrogen and oxygen atoms in total. The second kappa shape index (κ2) is 10.1. The van der Waals surface area contributed by atoms with Crippen LogP contribution in [0.1, 0.15) is 65.6 Å². The Morgan fingerprint density at radius 2 is 1.88 bits per heavy atom. The number of nitrogens with one attached hydrogen (secondary N) is 1. The molecule has 0 bridgehead atoms. The average Bonchev–Trinajstić information content (AvgIpc) is 3.25. The summed E-state index contributed by atoms with van der Waals surface area (Å²) in [6, 6.07) is 11.5. The second-order valence-corrected chi connectivity index (χ2v) is 8.67. The van der Waals surface area contributed by atoms with Crippen LogP contribution in [-0.4, -0.2) is 69.4 Å². The Balaban J connectivity index is 1.53.